The summed E-state index contributed by atoms with van der Waals surface area (Å²) < 4.78 is 12.8. The first-order chi connectivity index (χ1) is 9.70. The van der Waals surface area contributed by atoms with Gasteiger partial charge in [-0.25, -0.2) is 15.0 Å². The minimum Gasteiger partial charge on any atom is -0.388 e. The van der Waals surface area contributed by atoms with E-state index in [2.05, 4.69) is 15.0 Å². The van der Waals surface area contributed by atoms with Crippen LogP contribution >= 0.6 is 0 Å². The molecule has 1 fully saturated rings. The van der Waals surface area contributed by atoms with Gasteiger partial charge in [0.05, 0.1) is 19.0 Å². The SMILES string of the molecule is CCOC[C@@H]1C[C@H](O)[C@H](n2cnc3c(N)ncnc32)O1. The van der Waals surface area contributed by atoms with Crippen molar-refractivity contribution in [2.24, 2.45) is 0 Å². The lowest BCUT2D eigenvalue weighted by molar-refractivity contribution is -0.0587. The van der Waals surface area contributed by atoms with Crippen LogP contribution in [0.15, 0.2) is 12.7 Å². The van der Waals surface area contributed by atoms with Crippen LogP contribution in [0.5, 0.6) is 0 Å². The lowest BCUT2D eigenvalue weighted by Gasteiger charge is -2.16. The highest BCUT2D eigenvalue weighted by atomic mass is 16.6. The Morgan fingerprint density at radius 3 is 3.15 bits per heavy atom. The molecule has 0 saturated carbocycles. The van der Waals surface area contributed by atoms with Crippen LogP contribution in [0, 0.1) is 0 Å². The second-order valence-corrected chi connectivity index (χ2v) is 4.69. The van der Waals surface area contributed by atoms with Crippen LogP contribution in [0.2, 0.25) is 0 Å². The third kappa shape index (κ3) is 2.21. The molecule has 2 aromatic heterocycles. The van der Waals surface area contributed by atoms with Gasteiger partial charge in [0.15, 0.2) is 17.7 Å². The number of ether oxygens (including phenoxy) is 2. The normalized spacial score (nSPS) is 26.4. The molecule has 8 heteroatoms. The molecule has 0 radical (unpaired) electrons. The van der Waals surface area contributed by atoms with Crippen molar-refractivity contribution in [3.05, 3.63) is 12.7 Å². The molecule has 8 nitrogen and oxygen atoms in total. The van der Waals surface area contributed by atoms with Gasteiger partial charge in [-0.3, -0.25) is 4.57 Å². The molecule has 0 aliphatic carbocycles. The highest BCUT2D eigenvalue weighted by Gasteiger charge is 2.36. The van der Waals surface area contributed by atoms with Gasteiger partial charge in [-0.1, -0.05) is 0 Å². The van der Waals surface area contributed by atoms with Crippen LogP contribution in [0.4, 0.5) is 5.82 Å². The molecule has 2 aromatic rings. The van der Waals surface area contributed by atoms with Crippen LogP contribution in [-0.2, 0) is 9.47 Å². The fourth-order valence-electron chi connectivity index (χ4n) is 2.39. The van der Waals surface area contributed by atoms with Crippen LogP contribution in [0.25, 0.3) is 11.2 Å². The minimum absolute atomic E-state index is 0.133. The maximum atomic E-state index is 10.2. The van der Waals surface area contributed by atoms with Crippen molar-refractivity contribution in [2.75, 3.05) is 18.9 Å². The standard InChI is InChI=1S/C12H17N5O3/c1-2-19-4-7-3-8(18)12(20-7)17-6-16-9-10(13)14-5-15-11(9)17/h5-8,12,18H,2-4H2,1H3,(H2,13,14,15)/t7-,8-,12+/m0/s1. The van der Waals surface area contributed by atoms with E-state index in [9.17, 15) is 5.11 Å². The topological polar surface area (TPSA) is 108 Å². The van der Waals surface area contributed by atoms with E-state index in [-0.39, 0.29) is 6.10 Å². The van der Waals surface area contributed by atoms with Crippen LogP contribution in [0.1, 0.15) is 19.6 Å². The summed E-state index contributed by atoms with van der Waals surface area (Å²) in [5, 5.41) is 10.2. The molecule has 3 atom stereocenters. The Bertz CT molecular complexity index is 602. The highest BCUT2D eigenvalue weighted by Crippen LogP contribution is 2.31. The zero-order chi connectivity index (χ0) is 14.1. The van der Waals surface area contributed by atoms with Crippen molar-refractivity contribution in [3.8, 4) is 0 Å². The largest absolute Gasteiger partial charge is 0.388 e. The first-order valence-electron chi connectivity index (χ1n) is 6.55. The van der Waals surface area contributed by atoms with Crippen molar-refractivity contribution >= 4 is 17.0 Å². The van der Waals surface area contributed by atoms with Gasteiger partial charge >= 0.3 is 0 Å². The Morgan fingerprint density at radius 2 is 2.35 bits per heavy atom. The maximum absolute atomic E-state index is 10.2. The number of aliphatic hydroxyl groups excluding tert-OH is 1. The molecule has 3 rings (SSSR count). The Hall–Kier alpha value is -1.77. The molecule has 1 saturated heterocycles. The highest BCUT2D eigenvalue weighted by molar-refractivity contribution is 5.81. The summed E-state index contributed by atoms with van der Waals surface area (Å²) in [5.74, 6) is 0.312. The second-order valence-electron chi connectivity index (χ2n) is 4.69. The van der Waals surface area contributed by atoms with E-state index in [0.29, 0.717) is 36.6 Å². The molecule has 0 aromatic carbocycles. The fraction of sp³-hybridized carbons (Fsp3) is 0.583. The Balaban J connectivity index is 1.86. The second kappa shape index (κ2) is 5.31. The van der Waals surface area contributed by atoms with Crippen molar-refractivity contribution in [2.45, 2.75) is 31.8 Å². The van der Waals surface area contributed by atoms with Crippen molar-refractivity contribution in [1.82, 2.24) is 19.5 Å². The number of anilines is 1. The number of aliphatic hydroxyl groups is 1. The van der Waals surface area contributed by atoms with Gasteiger partial charge in [0.2, 0.25) is 0 Å². The third-order valence-electron chi connectivity index (χ3n) is 3.33. The van der Waals surface area contributed by atoms with E-state index >= 15 is 0 Å². The molecule has 0 spiro atoms. The quantitative estimate of drug-likeness (QED) is 0.816. The van der Waals surface area contributed by atoms with Crippen LogP contribution < -0.4 is 5.73 Å². The molecule has 108 valence electrons. The summed E-state index contributed by atoms with van der Waals surface area (Å²) in [7, 11) is 0. The predicted molar refractivity (Wildman–Crippen MR) is 70.8 cm³/mol. The monoisotopic (exact) mass is 279 g/mol. The van der Waals surface area contributed by atoms with Gasteiger partial charge in [-0.15, -0.1) is 0 Å². The number of hydrogen-bond donors (Lipinski definition) is 2. The molecule has 3 heterocycles. The number of rotatable bonds is 4. The van der Waals surface area contributed by atoms with Crippen LogP contribution in [-0.4, -0.2) is 50.0 Å². The van der Waals surface area contributed by atoms with Crippen molar-refractivity contribution in [3.63, 3.8) is 0 Å². The predicted octanol–water partition coefficient (Wildman–Crippen LogP) is 0.0934. The number of aromatic nitrogens is 4. The summed E-state index contributed by atoms with van der Waals surface area (Å²) in [6.07, 6.45) is 2.16. The minimum atomic E-state index is -0.631. The molecular weight excluding hydrogens is 262 g/mol. The molecule has 3 N–H and O–H groups in total. The van der Waals surface area contributed by atoms with Gasteiger partial charge in [0, 0.05) is 13.0 Å². The van der Waals surface area contributed by atoms with E-state index in [1.807, 2.05) is 6.92 Å². The van der Waals surface area contributed by atoms with E-state index in [1.165, 1.54) is 6.33 Å². The van der Waals surface area contributed by atoms with E-state index in [4.69, 9.17) is 15.2 Å². The van der Waals surface area contributed by atoms with Gasteiger partial charge in [-0.2, -0.15) is 0 Å². The molecule has 1 aliphatic heterocycles. The summed E-state index contributed by atoms with van der Waals surface area (Å²) in [6, 6.07) is 0. The number of nitrogen functional groups attached to an aromatic ring is 1. The number of imidazole rings is 1. The number of nitrogens with zero attached hydrogens (tertiary/aromatic N) is 4. The smallest absolute Gasteiger partial charge is 0.167 e. The first kappa shape index (κ1) is 13.2. The number of nitrogens with two attached hydrogens (primary N) is 1. The molecule has 20 heavy (non-hydrogen) atoms. The summed E-state index contributed by atoms with van der Waals surface area (Å²) in [6.45, 7) is 3.01. The van der Waals surface area contributed by atoms with E-state index < -0.39 is 12.3 Å². The average molecular weight is 279 g/mol. The third-order valence-corrected chi connectivity index (χ3v) is 3.33. The molecule has 1 aliphatic rings. The van der Waals surface area contributed by atoms with Gasteiger partial charge in [-0.05, 0) is 6.92 Å². The summed E-state index contributed by atoms with van der Waals surface area (Å²) in [5.41, 5.74) is 6.81. The fourth-order valence-corrected chi connectivity index (χ4v) is 2.39. The van der Waals surface area contributed by atoms with Crippen molar-refractivity contribution in [1.29, 1.82) is 0 Å². The lowest BCUT2D eigenvalue weighted by atomic mass is 10.2. The van der Waals surface area contributed by atoms with Gasteiger partial charge in [0.25, 0.3) is 0 Å². The van der Waals surface area contributed by atoms with Gasteiger partial charge in [0.1, 0.15) is 17.9 Å². The number of hydrogen-bond acceptors (Lipinski definition) is 7. The van der Waals surface area contributed by atoms with E-state index in [1.54, 1.807) is 10.9 Å². The Labute approximate surface area is 115 Å². The van der Waals surface area contributed by atoms with Crippen molar-refractivity contribution < 1.29 is 14.6 Å². The molecule has 0 amide bonds. The Kier molecular flexibility index (Phi) is 3.51. The summed E-state index contributed by atoms with van der Waals surface area (Å²) in [4.78, 5) is 12.2. The van der Waals surface area contributed by atoms with Crippen LogP contribution in [0.3, 0.4) is 0 Å². The Morgan fingerprint density at radius 1 is 1.50 bits per heavy atom. The average Bonchev–Trinajstić information content (AvgIpc) is 3.01. The number of fused-ring (bicyclic) bond motifs is 1. The molecule has 0 bridgehead atoms. The van der Waals surface area contributed by atoms with E-state index in [0.717, 1.165) is 0 Å². The molecular formula is C12H17N5O3. The zero-order valence-electron chi connectivity index (χ0n) is 11.1. The lowest BCUT2D eigenvalue weighted by Crippen LogP contribution is -2.19. The zero-order valence-corrected chi connectivity index (χ0v) is 11.1. The van der Waals surface area contributed by atoms with Gasteiger partial charge < -0.3 is 20.3 Å². The molecule has 0 unspecified atom stereocenters. The first-order valence-corrected chi connectivity index (χ1v) is 6.55. The summed E-state index contributed by atoms with van der Waals surface area (Å²) >= 11 is 0. The maximum Gasteiger partial charge on any atom is 0.167 e.